The molecule has 5 nitrogen and oxygen atoms in total. The molecule has 0 radical (unpaired) electrons. The standard InChI is InChI=1S/C22H31N3O2/c1-3-25-13-12-22(11-10-21(25)27)18-24(15-14-23(22)2)17-20-8-6-19(7-9-20)5-4-16-26/h6-9,26H,3,10-18H2,1-2H3/t22-/m0/s1. The van der Waals surface area contributed by atoms with E-state index >= 15 is 0 Å². The normalized spacial score (nSPS) is 24.6. The molecule has 2 aliphatic rings. The molecule has 0 bridgehead atoms. The first-order chi connectivity index (χ1) is 13.1. The minimum absolute atomic E-state index is 0.102. The average Bonchev–Trinajstić information content (AvgIpc) is 2.84. The van der Waals surface area contributed by atoms with E-state index in [2.05, 4.69) is 47.7 Å². The third kappa shape index (κ3) is 4.70. The van der Waals surface area contributed by atoms with Gasteiger partial charge in [0.05, 0.1) is 0 Å². The molecule has 2 heterocycles. The van der Waals surface area contributed by atoms with Gasteiger partial charge in [0.2, 0.25) is 5.91 Å². The molecule has 1 N–H and O–H groups in total. The lowest BCUT2D eigenvalue weighted by Gasteiger charge is -2.49. The van der Waals surface area contributed by atoms with Crippen molar-refractivity contribution >= 4 is 5.91 Å². The van der Waals surface area contributed by atoms with Gasteiger partial charge in [0.15, 0.2) is 0 Å². The number of piperazine rings is 1. The molecule has 1 amide bonds. The van der Waals surface area contributed by atoms with E-state index in [1.807, 2.05) is 17.0 Å². The van der Waals surface area contributed by atoms with E-state index in [-0.39, 0.29) is 12.1 Å². The fourth-order valence-corrected chi connectivity index (χ4v) is 4.34. The van der Waals surface area contributed by atoms with E-state index < -0.39 is 0 Å². The Bertz CT molecular complexity index is 707. The number of aliphatic hydroxyl groups is 1. The zero-order valence-corrected chi connectivity index (χ0v) is 16.6. The first-order valence-electron chi connectivity index (χ1n) is 9.96. The molecule has 27 heavy (non-hydrogen) atoms. The molecule has 1 atom stereocenters. The van der Waals surface area contributed by atoms with Gasteiger partial charge < -0.3 is 10.0 Å². The number of rotatable bonds is 3. The van der Waals surface area contributed by atoms with Crippen LogP contribution in [-0.2, 0) is 11.3 Å². The maximum absolute atomic E-state index is 12.3. The number of hydrogen-bond donors (Lipinski definition) is 1. The van der Waals surface area contributed by atoms with Crippen LogP contribution in [0.15, 0.2) is 24.3 Å². The van der Waals surface area contributed by atoms with Crippen LogP contribution in [0, 0.1) is 11.8 Å². The van der Waals surface area contributed by atoms with Crippen molar-refractivity contribution in [2.75, 3.05) is 46.4 Å². The number of aliphatic hydroxyl groups excluding tert-OH is 1. The SMILES string of the molecule is CCN1CC[C@@]2(CCC1=O)CN(Cc1ccc(C#CCO)cc1)CCN2C. The maximum Gasteiger partial charge on any atom is 0.222 e. The summed E-state index contributed by atoms with van der Waals surface area (Å²) in [5.41, 5.74) is 2.32. The Kier molecular flexibility index (Phi) is 6.54. The number of carbonyl (C=O) groups is 1. The molecule has 1 aromatic rings. The van der Waals surface area contributed by atoms with Crippen LogP contribution < -0.4 is 0 Å². The third-order valence-corrected chi connectivity index (χ3v) is 6.14. The lowest BCUT2D eigenvalue weighted by Crippen LogP contribution is -2.60. The molecule has 146 valence electrons. The van der Waals surface area contributed by atoms with Crippen molar-refractivity contribution in [1.29, 1.82) is 0 Å². The Morgan fingerprint density at radius 3 is 2.63 bits per heavy atom. The molecule has 2 saturated heterocycles. The highest BCUT2D eigenvalue weighted by atomic mass is 16.2. The lowest BCUT2D eigenvalue weighted by molar-refractivity contribution is -0.130. The monoisotopic (exact) mass is 369 g/mol. The number of hydrogen-bond acceptors (Lipinski definition) is 4. The highest BCUT2D eigenvalue weighted by Gasteiger charge is 2.41. The van der Waals surface area contributed by atoms with Crippen LogP contribution in [0.25, 0.3) is 0 Å². The fourth-order valence-electron chi connectivity index (χ4n) is 4.34. The van der Waals surface area contributed by atoms with Gasteiger partial charge in [-0.25, -0.2) is 0 Å². The Labute approximate surface area is 162 Å². The van der Waals surface area contributed by atoms with Gasteiger partial charge in [0, 0.05) is 56.8 Å². The van der Waals surface area contributed by atoms with Crippen molar-refractivity contribution in [2.45, 2.75) is 38.3 Å². The number of carbonyl (C=O) groups excluding carboxylic acids is 1. The van der Waals surface area contributed by atoms with Crippen LogP contribution in [0.4, 0.5) is 0 Å². The molecule has 1 spiro atoms. The summed E-state index contributed by atoms with van der Waals surface area (Å²) in [6.07, 6.45) is 2.66. The summed E-state index contributed by atoms with van der Waals surface area (Å²) < 4.78 is 0. The van der Waals surface area contributed by atoms with E-state index in [4.69, 9.17) is 5.11 Å². The molecule has 2 aliphatic heterocycles. The van der Waals surface area contributed by atoms with Gasteiger partial charge in [0.25, 0.3) is 0 Å². The minimum Gasteiger partial charge on any atom is -0.384 e. The molecule has 1 aromatic carbocycles. The number of likely N-dealkylation sites (tertiary alicyclic amines) is 1. The Morgan fingerprint density at radius 2 is 1.93 bits per heavy atom. The summed E-state index contributed by atoms with van der Waals surface area (Å²) in [5.74, 6) is 5.93. The van der Waals surface area contributed by atoms with Crippen molar-refractivity contribution in [3.8, 4) is 11.8 Å². The fraction of sp³-hybridized carbons (Fsp3) is 0.591. The van der Waals surface area contributed by atoms with Gasteiger partial charge in [-0.05, 0) is 44.5 Å². The first kappa shape index (κ1) is 19.9. The summed E-state index contributed by atoms with van der Waals surface area (Å²) in [6, 6.07) is 8.30. The van der Waals surface area contributed by atoms with Crippen molar-refractivity contribution in [3.05, 3.63) is 35.4 Å². The highest BCUT2D eigenvalue weighted by molar-refractivity contribution is 5.76. The van der Waals surface area contributed by atoms with Crippen LogP contribution in [0.2, 0.25) is 0 Å². The van der Waals surface area contributed by atoms with E-state index in [9.17, 15) is 4.79 Å². The number of nitrogens with zero attached hydrogens (tertiary/aromatic N) is 3. The molecule has 0 aromatic heterocycles. The second-order valence-electron chi connectivity index (χ2n) is 7.74. The maximum atomic E-state index is 12.3. The Balaban J connectivity index is 1.67. The number of benzene rings is 1. The second kappa shape index (κ2) is 8.88. The Morgan fingerprint density at radius 1 is 1.15 bits per heavy atom. The van der Waals surface area contributed by atoms with Crippen LogP contribution in [0.1, 0.15) is 37.3 Å². The molecule has 0 saturated carbocycles. The summed E-state index contributed by atoms with van der Waals surface area (Å²) in [4.78, 5) is 19.4. The van der Waals surface area contributed by atoms with Crippen LogP contribution in [0.3, 0.4) is 0 Å². The summed E-state index contributed by atoms with van der Waals surface area (Å²) in [7, 11) is 2.22. The molecule has 0 aliphatic carbocycles. The minimum atomic E-state index is -0.108. The first-order valence-corrected chi connectivity index (χ1v) is 9.96. The van der Waals surface area contributed by atoms with Crippen LogP contribution in [-0.4, -0.2) is 77.6 Å². The molecule has 5 heteroatoms. The highest BCUT2D eigenvalue weighted by Crippen LogP contribution is 2.32. The molecular formula is C22H31N3O2. The summed E-state index contributed by atoms with van der Waals surface area (Å²) in [6.45, 7) is 7.68. The van der Waals surface area contributed by atoms with Crippen molar-refractivity contribution in [2.24, 2.45) is 0 Å². The zero-order valence-electron chi connectivity index (χ0n) is 16.6. The van der Waals surface area contributed by atoms with E-state index in [0.717, 1.165) is 57.7 Å². The largest absolute Gasteiger partial charge is 0.384 e. The second-order valence-corrected chi connectivity index (χ2v) is 7.74. The lowest BCUT2D eigenvalue weighted by atomic mass is 9.86. The topological polar surface area (TPSA) is 47.0 Å². The Hall–Kier alpha value is -1.87. The molecule has 0 unspecified atom stereocenters. The van der Waals surface area contributed by atoms with Gasteiger partial charge in [0.1, 0.15) is 6.61 Å². The third-order valence-electron chi connectivity index (χ3n) is 6.14. The van der Waals surface area contributed by atoms with Crippen molar-refractivity contribution in [1.82, 2.24) is 14.7 Å². The van der Waals surface area contributed by atoms with Crippen LogP contribution >= 0.6 is 0 Å². The predicted molar refractivity (Wildman–Crippen MR) is 107 cm³/mol. The summed E-state index contributed by atoms with van der Waals surface area (Å²) >= 11 is 0. The number of amides is 1. The van der Waals surface area contributed by atoms with Crippen molar-refractivity contribution < 1.29 is 9.90 Å². The van der Waals surface area contributed by atoms with Gasteiger partial charge in [-0.3, -0.25) is 14.6 Å². The smallest absolute Gasteiger partial charge is 0.222 e. The quantitative estimate of drug-likeness (QED) is 0.822. The van der Waals surface area contributed by atoms with E-state index in [0.29, 0.717) is 12.3 Å². The average molecular weight is 370 g/mol. The molecule has 2 fully saturated rings. The summed E-state index contributed by atoms with van der Waals surface area (Å²) in [5, 5.41) is 8.80. The zero-order chi connectivity index (χ0) is 19.3. The van der Waals surface area contributed by atoms with E-state index in [1.165, 1.54) is 5.56 Å². The number of likely N-dealkylation sites (N-methyl/N-ethyl adjacent to an activating group) is 1. The molecular weight excluding hydrogens is 338 g/mol. The molecule has 3 rings (SSSR count). The van der Waals surface area contributed by atoms with Gasteiger partial charge in [-0.15, -0.1) is 0 Å². The van der Waals surface area contributed by atoms with Crippen LogP contribution in [0.5, 0.6) is 0 Å². The van der Waals surface area contributed by atoms with Gasteiger partial charge in [-0.1, -0.05) is 24.0 Å². The van der Waals surface area contributed by atoms with E-state index in [1.54, 1.807) is 0 Å². The predicted octanol–water partition coefficient (Wildman–Crippen LogP) is 1.55. The van der Waals surface area contributed by atoms with Gasteiger partial charge in [-0.2, -0.15) is 0 Å². The van der Waals surface area contributed by atoms with Gasteiger partial charge >= 0.3 is 0 Å². The van der Waals surface area contributed by atoms with Crippen molar-refractivity contribution in [3.63, 3.8) is 0 Å².